The first-order valence-corrected chi connectivity index (χ1v) is 8.28. The van der Waals surface area contributed by atoms with Gasteiger partial charge in [0.1, 0.15) is 28.2 Å². The average molecular weight is 366 g/mol. The molecule has 0 fully saturated rings. The van der Waals surface area contributed by atoms with Crippen LogP contribution in [-0.4, -0.2) is 9.91 Å². The molecule has 0 saturated carbocycles. The highest BCUT2D eigenvalue weighted by atomic mass is 32.1. The molecule has 1 aromatic heterocycles. The number of nitriles is 1. The summed E-state index contributed by atoms with van der Waals surface area (Å²) < 4.78 is 13.0. The summed E-state index contributed by atoms with van der Waals surface area (Å²) in [6.45, 7) is 0. The van der Waals surface area contributed by atoms with Crippen molar-refractivity contribution in [3.8, 4) is 17.3 Å². The molecule has 0 saturated heterocycles. The van der Waals surface area contributed by atoms with E-state index in [-0.39, 0.29) is 22.8 Å². The third-order valence-electron chi connectivity index (χ3n) is 3.47. The van der Waals surface area contributed by atoms with Crippen LogP contribution in [-0.2, 0) is 0 Å². The number of nitro benzene ring substituents is 1. The van der Waals surface area contributed by atoms with Gasteiger partial charge in [-0.25, -0.2) is 9.37 Å². The Balaban J connectivity index is 1.86. The van der Waals surface area contributed by atoms with Crippen LogP contribution >= 0.6 is 11.3 Å². The molecule has 0 radical (unpaired) electrons. The fourth-order valence-electron chi connectivity index (χ4n) is 2.20. The molecule has 0 aliphatic carbocycles. The van der Waals surface area contributed by atoms with Crippen molar-refractivity contribution in [2.75, 3.05) is 5.32 Å². The van der Waals surface area contributed by atoms with Crippen LogP contribution < -0.4 is 5.32 Å². The fraction of sp³-hybridized carbons (Fsp3) is 0. The maximum Gasteiger partial charge on any atom is 0.292 e. The Bertz CT molecular complexity index is 1020. The van der Waals surface area contributed by atoms with Gasteiger partial charge in [0.05, 0.1) is 10.6 Å². The minimum absolute atomic E-state index is 0.0906. The molecule has 2 aromatic carbocycles. The second-order valence-electron chi connectivity index (χ2n) is 5.13. The smallest absolute Gasteiger partial charge is 0.292 e. The largest absolute Gasteiger partial charge is 0.355 e. The number of hydrogen-bond donors (Lipinski definition) is 1. The number of anilines is 1. The summed E-state index contributed by atoms with van der Waals surface area (Å²) in [6, 6.07) is 14.1. The molecular formula is C18H11FN4O2S. The highest BCUT2D eigenvalue weighted by molar-refractivity contribution is 7.11. The number of benzene rings is 2. The first kappa shape index (κ1) is 17.3. The van der Waals surface area contributed by atoms with E-state index < -0.39 is 4.92 Å². The lowest BCUT2D eigenvalue weighted by molar-refractivity contribution is -0.383. The third kappa shape index (κ3) is 3.74. The molecule has 0 aliphatic rings. The van der Waals surface area contributed by atoms with Crippen LogP contribution in [0.1, 0.15) is 5.01 Å². The second-order valence-corrected chi connectivity index (χ2v) is 5.99. The van der Waals surface area contributed by atoms with E-state index in [0.717, 1.165) is 5.56 Å². The quantitative estimate of drug-likeness (QED) is 0.396. The monoisotopic (exact) mass is 366 g/mol. The number of allylic oxidation sites excluding steroid dienone is 1. The topological polar surface area (TPSA) is 91.8 Å². The first-order chi connectivity index (χ1) is 12.6. The summed E-state index contributed by atoms with van der Waals surface area (Å²) in [5.74, 6) is -0.338. The van der Waals surface area contributed by atoms with Gasteiger partial charge in [-0.05, 0) is 30.3 Å². The molecular weight excluding hydrogens is 355 g/mol. The van der Waals surface area contributed by atoms with Gasteiger partial charge in [-0.1, -0.05) is 12.1 Å². The molecule has 128 valence electrons. The average Bonchev–Trinajstić information content (AvgIpc) is 3.13. The zero-order chi connectivity index (χ0) is 18.5. The number of rotatable bonds is 5. The predicted octanol–water partition coefficient (Wildman–Crippen LogP) is 4.83. The maximum atomic E-state index is 13.0. The minimum Gasteiger partial charge on any atom is -0.355 e. The van der Waals surface area contributed by atoms with E-state index in [1.54, 1.807) is 35.7 Å². The third-order valence-corrected chi connectivity index (χ3v) is 4.34. The fourth-order valence-corrected chi connectivity index (χ4v) is 2.99. The molecule has 3 aromatic rings. The van der Waals surface area contributed by atoms with E-state index in [9.17, 15) is 19.8 Å². The molecule has 26 heavy (non-hydrogen) atoms. The molecule has 0 amide bonds. The van der Waals surface area contributed by atoms with Crippen LogP contribution in [0.2, 0.25) is 0 Å². The lowest BCUT2D eigenvalue weighted by atomic mass is 10.2. The number of aromatic nitrogens is 1. The number of hydrogen-bond acceptors (Lipinski definition) is 6. The van der Waals surface area contributed by atoms with Crippen LogP contribution in [0.3, 0.4) is 0 Å². The molecule has 8 heteroatoms. The Morgan fingerprint density at radius 1 is 1.27 bits per heavy atom. The maximum absolute atomic E-state index is 13.0. The van der Waals surface area contributed by atoms with E-state index in [0.29, 0.717) is 10.7 Å². The number of thiazole rings is 1. The molecule has 6 nitrogen and oxygen atoms in total. The Labute approximate surface area is 152 Å². The molecule has 0 spiro atoms. The molecule has 0 unspecified atom stereocenters. The van der Waals surface area contributed by atoms with Crippen molar-refractivity contribution in [1.29, 1.82) is 5.26 Å². The van der Waals surface area contributed by atoms with Crippen LogP contribution in [0.4, 0.5) is 15.8 Å². The summed E-state index contributed by atoms with van der Waals surface area (Å²) in [4.78, 5) is 14.9. The van der Waals surface area contributed by atoms with Gasteiger partial charge in [0.15, 0.2) is 0 Å². The Kier molecular flexibility index (Phi) is 5.01. The summed E-state index contributed by atoms with van der Waals surface area (Å²) in [5, 5.41) is 25.4. The van der Waals surface area contributed by atoms with Gasteiger partial charge < -0.3 is 5.32 Å². The normalized spacial score (nSPS) is 11.0. The van der Waals surface area contributed by atoms with E-state index in [1.165, 1.54) is 35.7 Å². The molecule has 0 aliphatic heterocycles. The lowest BCUT2D eigenvalue weighted by Crippen LogP contribution is -1.96. The molecule has 0 bridgehead atoms. The van der Waals surface area contributed by atoms with E-state index in [1.807, 2.05) is 6.07 Å². The van der Waals surface area contributed by atoms with Gasteiger partial charge in [0.2, 0.25) is 0 Å². The van der Waals surface area contributed by atoms with Crippen LogP contribution in [0, 0.1) is 27.3 Å². The van der Waals surface area contributed by atoms with E-state index in [2.05, 4.69) is 10.3 Å². The molecule has 1 heterocycles. The Hall–Kier alpha value is -3.57. The summed E-state index contributed by atoms with van der Waals surface area (Å²) in [6.07, 6.45) is 1.38. The van der Waals surface area contributed by atoms with Crippen molar-refractivity contribution in [2.24, 2.45) is 0 Å². The van der Waals surface area contributed by atoms with Crippen LogP contribution in [0.25, 0.3) is 16.8 Å². The van der Waals surface area contributed by atoms with E-state index in [4.69, 9.17) is 0 Å². The van der Waals surface area contributed by atoms with Crippen molar-refractivity contribution >= 4 is 28.3 Å². The predicted molar refractivity (Wildman–Crippen MR) is 97.8 cm³/mol. The standard InChI is InChI=1S/C18H11FN4O2S/c19-14-7-5-12(6-8-14)16-11-26-18(22-16)13(9-20)10-21-15-3-1-2-4-17(15)23(24)25/h1-8,10-11,21H/b13-10-. The van der Waals surface area contributed by atoms with Crippen molar-refractivity contribution in [3.05, 3.63) is 81.1 Å². The molecule has 0 atom stereocenters. The zero-order valence-electron chi connectivity index (χ0n) is 13.2. The van der Waals surface area contributed by atoms with Crippen molar-refractivity contribution in [1.82, 2.24) is 4.98 Å². The highest BCUT2D eigenvalue weighted by Gasteiger charge is 2.13. The Morgan fingerprint density at radius 2 is 2.00 bits per heavy atom. The first-order valence-electron chi connectivity index (χ1n) is 7.40. The van der Waals surface area contributed by atoms with Gasteiger partial charge >= 0.3 is 0 Å². The number of halogens is 1. The van der Waals surface area contributed by atoms with Gasteiger partial charge in [-0.3, -0.25) is 10.1 Å². The zero-order valence-corrected chi connectivity index (χ0v) is 14.0. The Morgan fingerprint density at radius 3 is 2.69 bits per heavy atom. The summed E-state index contributed by atoms with van der Waals surface area (Å²) >= 11 is 1.26. The minimum atomic E-state index is -0.502. The number of nitro groups is 1. The van der Waals surface area contributed by atoms with Crippen molar-refractivity contribution in [3.63, 3.8) is 0 Å². The van der Waals surface area contributed by atoms with Gasteiger partial charge in [0, 0.05) is 23.2 Å². The number of nitrogens with zero attached hydrogens (tertiary/aromatic N) is 3. The van der Waals surface area contributed by atoms with Crippen molar-refractivity contribution in [2.45, 2.75) is 0 Å². The molecule has 1 N–H and O–H groups in total. The van der Waals surface area contributed by atoms with E-state index >= 15 is 0 Å². The van der Waals surface area contributed by atoms with Gasteiger partial charge in [-0.2, -0.15) is 5.26 Å². The highest BCUT2D eigenvalue weighted by Crippen LogP contribution is 2.27. The summed E-state index contributed by atoms with van der Waals surface area (Å²) in [5.41, 5.74) is 1.78. The number of para-hydroxylation sites is 2. The van der Waals surface area contributed by atoms with Gasteiger partial charge in [-0.15, -0.1) is 11.3 Å². The van der Waals surface area contributed by atoms with Crippen molar-refractivity contribution < 1.29 is 9.31 Å². The summed E-state index contributed by atoms with van der Waals surface area (Å²) in [7, 11) is 0. The number of nitrogens with one attached hydrogen (secondary N) is 1. The molecule has 3 rings (SSSR count). The van der Waals surface area contributed by atoms with Crippen LogP contribution in [0.5, 0.6) is 0 Å². The lowest BCUT2D eigenvalue weighted by Gasteiger charge is -2.02. The SMILES string of the molecule is N#C/C(=C/Nc1ccccc1[N+](=O)[O-])c1nc(-c2ccc(F)cc2)cs1. The van der Waals surface area contributed by atoms with Crippen LogP contribution in [0.15, 0.2) is 60.1 Å². The second kappa shape index (κ2) is 7.55. The van der Waals surface area contributed by atoms with Gasteiger partial charge in [0.25, 0.3) is 5.69 Å².